The molecule has 0 saturated heterocycles. The van der Waals surface area contributed by atoms with Crippen molar-refractivity contribution in [3.05, 3.63) is 127 Å². The van der Waals surface area contributed by atoms with Gasteiger partial charge in [-0.1, -0.05) is 84.9 Å². The fraction of sp³-hybridized carbons (Fsp3) is 0. The molecular formula is C36H23BN2O2S. The number of thiophene rings is 1. The third-order valence-electron chi connectivity index (χ3n) is 8.53. The van der Waals surface area contributed by atoms with Crippen LogP contribution in [0.25, 0.3) is 75.2 Å². The van der Waals surface area contributed by atoms with Crippen LogP contribution in [0.15, 0.2) is 127 Å². The number of fused-ring (bicyclic) bond motifs is 9. The lowest BCUT2D eigenvalue weighted by molar-refractivity contribution is 0.426. The van der Waals surface area contributed by atoms with Gasteiger partial charge in [0.2, 0.25) is 0 Å². The monoisotopic (exact) mass is 558 g/mol. The highest BCUT2D eigenvalue weighted by molar-refractivity contribution is 7.27. The molecule has 0 spiro atoms. The summed E-state index contributed by atoms with van der Waals surface area (Å²) in [6.07, 6.45) is 0. The van der Waals surface area contributed by atoms with Gasteiger partial charge >= 0.3 is 7.12 Å². The Labute approximate surface area is 245 Å². The molecule has 0 amide bonds. The van der Waals surface area contributed by atoms with Crippen molar-refractivity contribution in [2.45, 2.75) is 0 Å². The maximum Gasteiger partial charge on any atom is 0.489 e. The fourth-order valence-corrected chi connectivity index (χ4v) is 8.09. The Kier molecular flexibility index (Phi) is 4.99. The van der Waals surface area contributed by atoms with E-state index in [0.29, 0.717) is 5.46 Å². The molecule has 198 valence electrons. The van der Waals surface area contributed by atoms with Crippen LogP contribution < -0.4 is 5.46 Å². The first-order chi connectivity index (χ1) is 20.7. The summed E-state index contributed by atoms with van der Waals surface area (Å²) in [6.45, 7) is 0. The van der Waals surface area contributed by atoms with E-state index in [-0.39, 0.29) is 0 Å². The lowest BCUT2D eigenvalue weighted by atomic mass is 9.79. The quantitative estimate of drug-likeness (QED) is 0.217. The SMILES string of the molecule is OB(O)c1cc(-n2c3ccccc3c3ccccc32)cc2c1sc1c(-n3c4ccccc4c4ccccc43)cccc12. The maximum absolute atomic E-state index is 10.7. The molecule has 0 aliphatic heterocycles. The van der Waals surface area contributed by atoms with Gasteiger partial charge < -0.3 is 19.2 Å². The summed E-state index contributed by atoms with van der Waals surface area (Å²) < 4.78 is 6.57. The molecule has 3 aromatic heterocycles. The Balaban J connectivity index is 1.39. The number of nitrogens with zero attached hydrogens (tertiary/aromatic N) is 2. The van der Waals surface area contributed by atoms with E-state index < -0.39 is 7.12 Å². The largest absolute Gasteiger partial charge is 0.489 e. The number of para-hydroxylation sites is 4. The van der Waals surface area contributed by atoms with Crippen LogP contribution in [0.5, 0.6) is 0 Å². The van der Waals surface area contributed by atoms with E-state index in [9.17, 15) is 10.0 Å². The second-order valence-corrected chi connectivity index (χ2v) is 11.8. The van der Waals surface area contributed by atoms with Crippen LogP contribution in [0.1, 0.15) is 0 Å². The minimum atomic E-state index is -1.61. The minimum Gasteiger partial charge on any atom is -0.423 e. The van der Waals surface area contributed by atoms with E-state index in [1.54, 1.807) is 11.3 Å². The summed E-state index contributed by atoms with van der Waals surface area (Å²) in [7, 11) is -1.61. The molecular weight excluding hydrogens is 535 g/mol. The molecule has 0 fully saturated rings. The second-order valence-electron chi connectivity index (χ2n) is 10.8. The Morgan fingerprint density at radius 3 is 1.45 bits per heavy atom. The van der Waals surface area contributed by atoms with E-state index in [2.05, 4.69) is 130 Å². The summed E-state index contributed by atoms with van der Waals surface area (Å²) in [5, 5.41) is 28.2. The van der Waals surface area contributed by atoms with Gasteiger partial charge in [0.15, 0.2) is 0 Å². The Morgan fingerprint density at radius 1 is 0.452 bits per heavy atom. The summed E-state index contributed by atoms with van der Waals surface area (Å²) >= 11 is 1.62. The maximum atomic E-state index is 10.7. The first-order valence-corrected chi connectivity index (χ1v) is 14.8. The van der Waals surface area contributed by atoms with Crippen LogP contribution in [0.3, 0.4) is 0 Å². The van der Waals surface area contributed by atoms with Crippen molar-refractivity contribution in [2.75, 3.05) is 0 Å². The fourth-order valence-electron chi connectivity index (χ4n) is 6.78. The van der Waals surface area contributed by atoms with E-state index in [0.717, 1.165) is 53.6 Å². The van der Waals surface area contributed by atoms with Gasteiger partial charge in [0.1, 0.15) is 0 Å². The van der Waals surface area contributed by atoms with Crippen molar-refractivity contribution in [1.29, 1.82) is 0 Å². The Morgan fingerprint density at radius 2 is 0.929 bits per heavy atom. The third kappa shape index (κ3) is 3.20. The number of benzene rings is 6. The first-order valence-electron chi connectivity index (χ1n) is 14.0. The zero-order valence-electron chi connectivity index (χ0n) is 22.4. The molecule has 0 bridgehead atoms. The zero-order chi connectivity index (χ0) is 27.9. The van der Waals surface area contributed by atoms with Crippen molar-refractivity contribution < 1.29 is 10.0 Å². The zero-order valence-corrected chi connectivity index (χ0v) is 23.2. The highest BCUT2D eigenvalue weighted by Gasteiger charge is 2.23. The number of rotatable bonds is 3. The lowest BCUT2D eigenvalue weighted by Gasteiger charge is -2.11. The van der Waals surface area contributed by atoms with E-state index >= 15 is 0 Å². The third-order valence-corrected chi connectivity index (χ3v) is 9.82. The number of hydrogen-bond acceptors (Lipinski definition) is 3. The number of aromatic nitrogens is 2. The van der Waals surface area contributed by atoms with Crippen molar-refractivity contribution in [1.82, 2.24) is 9.13 Å². The van der Waals surface area contributed by atoms with Crippen molar-refractivity contribution in [2.24, 2.45) is 0 Å². The van der Waals surface area contributed by atoms with Crippen molar-refractivity contribution >= 4 is 87.7 Å². The van der Waals surface area contributed by atoms with Crippen LogP contribution in [0.2, 0.25) is 0 Å². The topological polar surface area (TPSA) is 50.3 Å². The van der Waals surface area contributed by atoms with Crippen LogP contribution in [0.4, 0.5) is 0 Å². The molecule has 0 aliphatic rings. The lowest BCUT2D eigenvalue weighted by Crippen LogP contribution is -2.30. The molecule has 0 radical (unpaired) electrons. The molecule has 9 rings (SSSR count). The van der Waals surface area contributed by atoms with Gasteiger partial charge in [-0.3, -0.25) is 0 Å². The average Bonchev–Trinajstić information content (AvgIpc) is 3.68. The molecule has 9 aromatic rings. The summed E-state index contributed by atoms with van der Waals surface area (Å²) in [4.78, 5) is 0. The molecule has 0 atom stereocenters. The van der Waals surface area contributed by atoms with Crippen molar-refractivity contribution in [3.8, 4) is 11.4 Å². The minimum absolute atomic E-state index is 0.513. The smallest absolute Gasteiger partial charge is 0.423 e. The van der Waals surface area contributed by atoms with E-state index in [1.165, 1.54) is 21.5 Å². The van der Waals surface area contributed by atoms with Crippen molar-refractivity contribution in [3.63, 3.8) is 0 Å². The first kappa shape index (κ1) is 23.8. The summed E-state index contributed by atoms with van der Waals surface area (Å²) in [5.41, 5.74) is 6.98. The van der Waals surface area contributed by atoms with Gasteiger partial charge in [-0.15, -0.1) is 11.3 Å². The molecule has 4 nitrogen and oxygen atoms in total. The predicted molar refractivity (Wildman–Crippen MR) is 178 cm³/mol. The van der Waals surface area contributed by atoms with Crippen LogP contribution in [0, 0.1) is 0 Å². The van der Waals surface area contributed by atoms with Gasteiger partial charge in [0, 0.05) is 48.2 Å². The van der Waals surface area contributed by atoms with Gasteiger partial charge in [-0.2, -0.15) is 0 Å². The molecule has 6 heteroatoms. The molecule has 0 aliphatic carbocycles. The van der Waals surface area contributed by atoms with Gasteiger partial charge in [0.25, 0.3) is 0 Å². The summed E-state index contributed by atoms with van der Waals surface area (Å²) in [5.74, 6) is 0. The van der Waals surface area contributed by atoms with Gasteiger partial charge in [0.05, 0.1) is 32.5 Å². The Bertz CT molecular complexity index is 2410. The summed E-state index contributed by atoms with van der Waals surface area (Å²) in [6, 6.07) is 44.4. The highest BCUT2D eigenvalue weighted by Crippen LogP contribution is 2.42. The van der Waals surface area contributed by atoms with Crippen LogP contribution in [-0.4, -0.2) is 26.3 Å². The average molecular weight is 558 g/mol. The highest BCUT2D eigenvalue weighted by atomic mass is 32.1. The standard InChI is InChI=1S/C36H23BN2O2S/c40-37(41)29-21-22(38-30-15-5-1-10-23(30)24-11-2-6-16-31(24)38)20-28-27-14-9-19-34(36(27)42-35(28)29)39-32-17-7-3-12-25(32)26-13-4-8-18-33(26)39/h1-21,40-41H. The van der Waals surface area contributed by atoms with Gasteiger partial charge in [-0.05, 0) is 42.5 Å². The number of hydrogen-bond donors (Lipinski definition) is 2. The molecule has 0 unspecified atom stereocenters. The molecule has 6 aromatic carbocycles. The predicted octanol–water partition coefficient (Wildman–Crippen LogP) is 7.93. The normalized spacial score (nSPS) is 12.0. The van der Waals surface area contributed by atoms with E-state index in [1.807, 2.05) is 6.07 Å². The Hall–Kier alpha value is -4.88. The molecule has 0 saturated carbocycles. The van der Waals surface area contributed by atoms with E-state index in [4.69, 9.17) is 0 Å². The molecule has 42 heavy (non-hydrogen) atoms. The molecule has 3 heterocycles. The van der Waals surface area contributed by atoms with Crippen LogP contribution in [-0.2, 0) is 0 Å². The second kappa shape index (κ2) is 8.81. The van der Waals surface area contributed by atoms with Crippen LogP contribution >= 0.6 is 11.3 Å². The van der Waals surface area contributed by atoms with Gasteiger partial charge in [-0.25, -0.2) is 0 Å². The molecule has 2 N–H and O–H groups in total.